The summed E-state index contributed by atoms with van der Waals surface area (Å²) in [6, 6.07) is 13.9. The summed E-state index contributed by atoms with van der Waals surface area (Å²) in [6.45, 7) is 0. The molecule has 0 amide bonds. The maximum atomic E-state index is 13.5. The highest BCUT2D eigenvalue weighted by molar-refractivity contribution is 7.95. The van der Waals surface area contributed by atoms with Crippen molar-refractivity contribution in [3.05, 3.63) is 83.0 Å². The Morgan fingerprint density at radius 3 is 2.45 bits per heavy atom. The fourth-order valence-electron chi connectivity index (χ4n) is 3.27. The summed E-state index contributed by atoms with van der Waals surface area (Å²) in [5.41, 5.74) is 4.47. The lowest BCUT2D eigenvalue weighted by atomic mass is 10.2. The van der Waals surface area contributed by atoms with Crippen LogP contribution in [0, 0.1) is 0 Å². The molecule has 150 valence electrons. The number of fused-ring (bicyclic) bond motifs is 1. The van der Waals surface area contributed by atoms with Crippen LogP contribution in [0.2, 0.25) is 0 Å². The molecule has 1 atom stereocenters. The number of benzene rings is 1. The topological polar surface area (TPSA) is 89.9 Å². The van der Waals surface area contributed by atoms with E-state index < -0.39 is 16.0 Å². The van der Waals surface area contributed by atoms with Gasteiger partial charge < -0.3 is 4.90 Å². The number of rotatable bonds is 5. The van der Waals surface area contributed by atoms with Gasteiger partial charge in [-0.1, -0.05) is 24.3 Å². The second kappa shape index (κ2) is 7.43. The number of hydrogen-bond donors (Lipinski definition) is 2. The SMILES string of the molecule is CNC1NN2C(N(C)C)=CC(c3ccccn3)=NC2=C1S(=O)(=O)c1ccccc1. The maximum Gasteiger partial charge on any atom is 0.209 e. The van der Waals surface area contributed by atoms with Gasteiger partial charge in [0.15, 0.2) is 5.82 Å². The minimum absolute atomic E-state index is 0.173. The first-order valence-corrected chi connectivity index (χ1v) is 10.6. The second-order valence-corrected chi connectivity index (χ2v) is 8.72. The van der Waals surface area contributed by atoms with Crippen molar-refractivity contribution < 1.29 is 8.42 Å². The van der Waals surface area contributed by atoms with Gasteiger partial charge >= 0.3 is 0 Å². The largest absolute Gasteiger partial charge is 0.363 e. The molecule has 0 saturated heterocycles. The van der Waals surface area contributed by atoms with Crippen LogP contribution >= 0.6 is 0 Å². The van der Waals surface area contributed by atoms with E-state index in [1.54, 1.807) is 48.6 Å². The Bertz CT molecular complexity index is 1110. The van der Waals surface area contributed by atoms with Gasteiger partial charge in [-0.25, -0.2) is 23.8 Å². The molecule has 1 aromatic carbocycles. The number of aromatic nitrogens is 1. The number of pyridine rings is 1. The van der Waals surface area contributed by atoms with Crippen molar-refractivity contribution in [3.63, 3.8) is 0 Å². The Balaban J connectivity index is 1.95. The van der Waals surface area contributed by atoms with Gasteiger partial charge in [0, 0.05) is 26.4 Å². The van der Waals surface area contributed by atoms with E-state index in [1.807, 2.05) is 43.3 Å². The van der Waals surface area contributed by atoms with Crippen molar-refractivity contribution in [2.45, 2.75) is 11.1 Å². The molecule has 8 nitrogen and oxygen atoms in total. The molecular formula is C20H22N6O2S. The third-order valence-corrected chi connectivity index (χ3v) is 6.58. The van der Waals surface area contributed by atoms with E-state index >= 15 is 0 Å². The summed E-state index contributed by atoms with van der Waals surface area (Å²) in [7, 11) is 1.71. The molecule has 0 fully saturated rings. The van der Waals surface area contributed by atoms with Gasteiger partial charge in [0.1, 0.15) is 16.9 Å². The number of sulfone groups is 1. The molecule has 0 saturated carbocycles. The standard InChI is InChI=1S/C20H22N6O2S/c1-21-19-18(29(27,28)14-9-5-4-6-10-14)20-23-16(15-11-7-8-12-22-15)13-17(25(2)3)26(20)24-19/h4-13,19,21,24H,1-3H3. The number of nitrogens with zero attached hydrogens (tertiary/aromatic N) is 4. The van der Waals surface area contributed by atoms with Crippen molar-refractivity contribution in [1.29, 1.82) is 0 Å². The van der Waals surface area contributed by atoms with E-state index in [4.69, 9.17) is 4.99 Å². The third kappa shape index (κ3) is 3.33. The number of allylic oxidation sites excluding steroid dienone is 1. The lowest BCUT2D eigenvalue weighted by Crippen LogP contribution is -2.47. The number of likely N-dealkylation sites (N-methyl/N-ethyl adjacent to an activating group) is 1. The lowest BCUT2D eigenvalue weighted by Gasteiger charge is -2.31. The Morgan fingerprint density at radius 1 is 1.10 bits per heavy atom. The molecule has 2 aliphatic rings. The van der Waals surface area contributed by atoms with Crippen LogP contribution in [0.25, 0.3) is 0 Å². The van der Waals surface area contributed by atoms with Crippen molar-refractivity contribution in [1.82, 2.24) is 25.6 Å². The highest BCUT2D eigenvalue weighted by Gasteiger charge is 2.42. The summed E-state index contributed by atoms with van der Waals surface area (Å²) < 4.78 is 27.0. The first-order chi connectivity index (χ1) is 13.9. The first kappa shape index (κ1) is 19.3. The van der Waals surface area contributed by atoms with Gasteiger partial charge in [0.05, 0.1) is 16.3 Å². The van der Waals surface area contributed by atoms with E-state index in [0.717, 1.165) is 5.82 Å². The van der Waals surface area contributed by atoms with Crippen LogP contribution < -0.4 is 10.7 Å². The summed E-state index contributed by atoms with van der Waals surface area (Å²) in [6.07, 6.45) is 2.95. The van der Waals surface area contributed by atoms with Gasteiger partial charge in [-0.2, -0.15) is 0 Å². The van der Waals surface area contributed by atoms with Crippen LogP contribution in [0.5, 0.6) is 0 Å². The van der Waals surface area contributed by atoms with E-state index in [-0.39, 0.29) is 9.80 Å². The molecule has 0 radical (unpaired) electrons. The quantitative estimate of drug-likeness (QED) is 0.768. The Morgan fingerprint density at radius 2 is 1.83 bits per heavy atom. The highest BCUT2D eigenvalue weighted by atomic mass is 32.2. The van der Waals surface area contributed by atoms with Gasteiger partial charge in [-0.15, -0.1) is 0 Å². The second-order valence-electron chi connectivity index (χ2n) is 6.80. The van der Waals surface area contributed by atoms with Crippen molar-refractivity contribution in [2.75, 3.05) is 21.1 Å². The summed E-state index contributed by atoms with van der Waals surface area (Å²) in [5.74, 6) is 1.09. The summed E-state index contributed by atoms with van der Waals surface area (Å²) >= 11 is 0. The molecule has 1 aromatic heterocycles. The fraction of sp³-hybridized carbons (Fsp3) is 0.200. The van der Waals surface area contributed by atoms with Crippen LogP contribution in [0.15, 0.2) is 87.2 Å². The molecule has 4 rings (SSSR count). The van der Waals surface area contributed by atoms with Crippen LogP contribution in [0.4, 0.5) is 0 Å². The normalized spacial score (nSPS) is 19.0. The number of hydrazine groups is 1. The van der Waals surface area contributed by atoms with Crippen molar-refractivity contribution in [2.24, 2.45) is 4.99 Å². The van der Waals surface area contributed by atoms with E-state index in [2.05, 4.69) is 15.7 Å². The molecule has 0 bridgehead atoms. The summed E-state index contributed by atoms with van der Waals surface area (Å²) in [5, 5.41) is 4.74. The average Bonchev–Trinajstić information content (AvgIpc) is 3.13. The minimum Gasteiger partial charge on any atom is -0.363 e. The predicted octanol–water partition coefficient (Wildman–Crippen LogP) is 1.30. The molecule has 2 aliphatic heterocycles. The van der Waals surface area contributed by atoms with Crippen LogP contribution in [-0.2, 0) is 9.84 Å². The van der Waals surface area contributed by atoms with Gasteiger partial charge in [-0.3, -0.25) is 10.3 Å². The van der Waals surface area contributed by atoms with E-state index in [0.29, 0.717) is 17.2 Å². The zero-order valence-corrected chi connectivity index (χ0v) is 17.2. The monoisotopic (exact) mass is 410 g/mol. The first-order valence-electron chi connectivity index (χ1n) is 9.10. The van der Waals surface area contributed by atoms with Crippen LogP contribution in [-0.4, -0.2) is 56.3 Å². The molecule has 0 aliphatic carbocycles. The average molecular weight is 411 g/mol. The summed E-state index contributed by atoms with van der Waals surface area (Å²) in [4.78, 5) is 11.4. The van der Waals surface area contributed by atoms with Crippen LogP contribution in [0.1, 0.15) is 5.69 Å². The molecular weight excluding hydrogens is 388 g/mol. The predicted molar refractivity (Wildman–Crippen MR) is 111 cm³/mol. The van der Waals surface area contributed by atoms with Crippen molar-refractivity contribution in [3.8, 4) is 0 Å². The van der Waals surface area contributed by atoms with Crippen molar-refractivity contribution >= 4 is 15.5 Å². The zero-order chi connectivity index (χ0) is 20.6. The molecule has 9 heteroatoms. The zero-order valence-electron chi connectivity index (χ0n) is 16.4. The molecule has 0 spiro atoms. The molecule has 29 heavy (non-hydrogen) atoms. The number of hydrogen-bond acceptors (Lipinski definition) is 8. The number of nitrogens with one attached hydrogen (secondary N) is 2. The lowest BCUT2D eigenvalue weighted by molar-refractivity contribution is 0.230. The van der Waals surface area contributed by atoms with Crippen LogP contribution in [0.3, 0.4) is 0 Å². The van der Waals surface area contributed by atoms with E-state index in [9.17, 15) is 8.42 Å². The highest BCUT2D eigenvalue weighted by Crippen LogP contribution is 2.35. The minimum atomic E-state index is -3.79. The Kier molecular flexibility index (Phi) is 4.95. The third-order valence-electron chi connectivity index (χ3n) is 4.69. The molecule has 2 N–H and O–H groups in total. The fourth-order valence-corrected chi connectivity index (χ4v) is 4.90. The smallest absolute Gasteiger partial charge is 0.209 e. The van der Waals surface area contributed by atoms with E-state index in [1.165, 1.54) is 0 Å². The molecule has 1 unspecified atom stereocenters. The Labute approximate surface area is 170 Å². The maximum absolute atomic E-state index is 13.5. The molecule has 2 aromatic rings. The van der Waals surface area contributed by atoms with Gasteiger partial charge in [0.25, 0.3) is 0 Å². The molecule has 3 heterocycles. The number of aliphatic imine (C=N–C) groups is 1. The Hall–Kier alpha value is -3.01. The van der Waals surface area contributed by atoms with Gasteiger partial charge in [-0.05, 0) is 31.3 Å². The van der Waals surface area contributed by atoms with Gasteiger partial charge in [0.2, 0.25) is 9.84 Å².